The van der Waals surface area contributed by atoms with Gasteiger partial charge in [-0.3, -0.25) is 0 Å². The molecule has 0 fully saturated rings. The molecule has 3 heterocycles. The quantitative estimate of drug-likeness (QED) is 0.566. The molecule has 0 unspecified atom stereocenters. The van der Waals surface area contributed by atoms with Crippen molar-refractivity contribution in [2.24, 2.45) is 0 Å². The van der Waals surface area contributed by atoms with E-state index in [4.69, 9.17) is 0 Å². The predicted octanol–water partition coefficient (Wildman–Crippen LogP) is 3.76. The zero-order valence-electron chi connectivity index (χ0n) is 15.9. The molecule has 4 aromatic rings. The minimum atomic E-state index is -0.245. The summed E-state index contributed by atoms with van der Waals surface area (Å²) in [6.45, 7) is 0.547. The van der Waals surface area contributed by atoms with Crippen molar-refractivity contribution in [1.82, 2.24) is 29.9 Å². The Morgan fingerprint density at radius 2 is 2.07 bits per heavy atom. The molecule has 5 rings (SSSR count). The van der Waals surface area contributed by atoms with Gasteiger partial charge in [-0.15, -0.1) is 0 Å². The first kappa shape index (κ1) is 17.8. The number of nitrogens with zero attached hydrogens (tertiary/aromatic N) is 5. The minimum absolute atomic E-state index is 0.171. The van der Waals surface area contributed by atoms with Crippen LogP contribution in [0.3, 0.4) is 0 Å². The van der Waals surface area contributed by atoms with Crippen LogP contribution < -0.4 is 5.32 Å². The van der Waals surface area contributed by atoms with Crippen LogP contribution in [0.5, 0.6) is 0 Å². The Kier molecular flexibility index (Phi) is 4.65. The van der Waals surface area contributed by atoms with Gasteiger partial charge in [-0.25, -0.2) is 18.7 Å². The van der Waals surface area contributed by atoms with Gasteiger partial charge in [0.1, 0.15) is 5.82 Å². The number of nitrogens with one attached hydrogen (secondary N) is 1. The second-order valence-corrected chi connectivity index (χ2v) is 7.20. The van der Waals surface area contributed by atoms with Gasteiger partial charge in [0.25, 0.3) is 0 Å². The van der Waals surface area contributed by atoms with Gasteiger partial charge in [-0.05, 0) is 61.2 Å². The third kappa shape index (κ3) is 3.45. The molecular weight excluding hydrogens is 367 g/mol. The summed E-state index contributed by atoms with van der Waals surface area (Å²) >= 11 is 0. The molecule has 3 aromatic heterocycles. The Balaban J connectivity index is 1.40. The first-order valence-electron chi connectivity index (χ1n) is 9.79. The van der Waals surface area contributed by atoms with Gasteiger partial charge >= 0.3 is 0 Å². The van der Waals surface area contributed by atoms with Crippen molar-refractivity contribution in [3.63, 3.8) is 0 Å². The van der Waals surface area contributed by atoms with Gasteiger partial charge < -0.3 is 5.32 Å². The highest BCUT2D eigenvalue weighted by Gasteiger charge is 2.25. The van der Waals surface area contributed by atoms with Crippen molar-refractivity contribution < 1.29 is 4.39 Å². The summed E-state index contributed by atoms with van der Waals surface area (Å²) in [6.07, 6.45) is 10.4. The van der Waals surface area contributed by atoms with Crippen molar-refractivity contribution in [3.05, 3.63) is 89.9 Å². The molecule has 1 aliphatic carbocycles. The highest BCUT2D eigenvalue weighted by molar-refractivity contribution is 5.41. The van der Waals surface area contributed by atoms with Crippen LogP contribution in [-0.4, -0.2) is 24.5 Å². The molecule has 146 valence electrons. The third-order valence-corrected chi connectivity index (χ3v) is 5.38. The molecule has 1 atom stereocenters. The molecule has 0 aliphatic heterocycles. The molecule has 29 heavy (non-hydrogen) atoms. The Bertz CT molecular complexity index is 1100. The van der Waals surface area contributed by atoms with Crippen LogP contribution in [0.2, 0.25) is 0 Å². The Labute approximate surface area is 168 Å². The molecule has 0 radical (unpaired) electrons. The van der Waals surface area contributed by atoms with Crippen LogP contribution in [0.4, 0.5) is 4.39 Å². The number of halogens is 1. The average molecular weight is 388 g/mol. The second-order valence-electron chi connectivity index (χ2n) is 7.20. The second kappa shape index (κ2) is 7.60. The van der Waals surface area contributed by atoms with Crippen molar-refractivity contribution >= 4 is 0 Å². The fourth-order valence-corrected chi connectivity index (χ4v) is 4.01. The van der Waals surface area contributed by atoms with Crippen molar-refractivity contribution in [2.45, 2.75) is 31.8 Å². The standard InChI is InChI=1S/C22H21FN6/c23-17-8-9-20(28-12-4-11-26-28)16(13-17)14-25-19-5-3-6-21-18(19)15-27-29(21)22-7-1-2-10-24-22/h1-2,4,7-13,15,19,25H,3,5-6,14H2/t19-/m0/s1. The number of aromatic nitrogens is 5. The maximum absolute atomic E-state index is 13.9. The first-order valence-corrected chi connectivity index (χ1v) is 9.79. The maximum Gasteiger partial charge on any atom is 0.153 e. The van der Waals surface area contributed by atoms with E-state index in [0.717, 1.165) is 36.3 Å². The largest absolute Gasteiger partial charge is 0.306 e. The van der Waals surface area contributed by atoms with Gasteiger partial charge in [-0.1, -0.05) is 6.07 Å². The van der Waals surface area contributed by atoms with E-state index in [-0.39, 0.29) is 11.9 Å². The number of rotatable bonds is 5. The van der Waals surface area contributed by atoms with E-state index >= 15 is 0 Å². The zero-order valence-corrected chi connectivity index (χ0v) is 15.9. The lowest BCUT2D eigenvalue weighted by Gasteiger charge is -2.24. The van der Waals surface area contributed by atoms with E-state index in [1.165, 1.54) is 17.3 Å². The molecule has 1 N–H and O–H groups in total. The fraction of sp³-hybridized carbons (Fsp3) is 0.227. The molecule has 0 saturated carbocycles. The molecular formula is C22H21FN6. The lowest BCUT2D eigenvalue weighted by atomic mass is 9.92. The van der Waals surface area contributed by atoms with Crippen LogP contribution in [0.15, 0.2) is 67.3 Å². The first-order chi connectivity index (χ1) is 14.3. The van der Waals surface area contributed by atoms with Crippen molar-refractivity contribution in [1.29, 1.82) is 0 Å². The molecule has 7 heteroatoms. The van der Waals surface area contributed by atoms with Gasteiger partial charge in [0.2, 0.25) is 0 Å². The lowest BCUT2D eigenvalue weighted by molar-refractivity contribution is 0.453. The monoisotopic (exact) mass is 388 g/mol. The summed E-state index contributed by atoms with van der Waals surface area (Å²) in [5, 5.41) is 12.5. The predicted molar refractivity (Wildman–Crippen MR) is 107 cm³/mol. The molecule has 0 bridgehead atoms. The highest BCUT2D eigenvalue weighted by Crippen LogP contribution is 2.31. The van der Waals surface area contributed by atoms with Crippen LogP contribution in [0, 0.1) is 5.82 Å². The minimum Gasteiger partial charge on any atom is -0.306 e. The van der Waals surface area contributed by atoms with Gasteiger partial charge in [0.15, 0.2) is 5.82 Å². The lowest BCUT2D eigenvalue weighted by Crippen LogP contribution is -2.25. The zero-order chi connectivity index (χ0) is 19.6. The van der Waals surface area contributed by atoms with Crippen LogP contribution in [0.25, 0.3) is 11.5 Å². The van der Waals surface area contributed by atoms with Gasteiger partial charge in [0, 0.05) is 36.7 Å². The van der Waals surface area contributed by atoms with E-state index < -0.39 is 0 Å². The molecule has 0 saturated heterocycles. The molecule has 6 nitrogen and oxygen atoms in total. The number of benzene rings is 1. The maximum atomic E-state index is 13.9. The van der Waals surface area contributed by atoms with E-state index in [1.54, 1.807) is 29.2 Å². The van der Waals surface area contributed by atoms with Crippen LogP contribution in [-0.2, 0) is 13.0 Å². The van der Waals surface area contributed by atoms with Crippen molar-refractivity contribution in [2.75, 3.05) is 0 Å². The van der Waals surface area contributed by atoms with Crippen molar-refractivity contribution in [3.8, 4) is 11.5 Å². The summed E-state index contributed by atoms with van der Waals surface area (Å²) < 4.78 is 17.6. The molecule has 0 amide bonds. The van der Waals surface area contributed by atoms with E-state index in [1.807, 2.05) is 41.3 Å². The number of hydrogen-bond acceptors (Lipinski definition) is 4. The van der Waals surface area contributed by atoms with E-state index in [9.17, 15) is 4.39 Å². The van der Waals surface area contributed by atoms with Crippen LogP contribution >= 0.6 is 0 Å². The molecule has 1 aliphatic rings. The Morgan fingerprint density at radius 1 is 1.10 bits per heavy atom. The fourth-order valence-electron chi connectivity index (χ4n) is 4.01. The molecule has 1 aromatic carbocycles. The highest BCUT2D eigenvalue weighted by atomic mass is 19.1. The van der Waals surface area contributed by atoms with E-state index in [2.05, 4.69) is 20.5 Å². The summed E-state index contributed by atoms with van der Waals surface area (Å²) in [7, 11) is 0. The summed E-state index contributed by atoms with van der Waals surface area (Å²) in [6, 6.07) is 12.7. The number of pyridine rings is 1. The van der Waals surface area contributed by atoms with Gasteiger partial charge in [0.05, 0.1) is 17.6 Å². The average Bonchev–Trinajstić information content (AvgIpc) is 3.43. The smallest absolute Gasteiger partial charge is 0.153 e. The summed E-state index contributed by atoms with van der Waals surface area (Å²) in [5.41, 5.74) is 4.14. The van der Waals surface area contributed by atoms with Gasteiger partial charge in [-0.2, -0.15) is 10.2 Å². The summed E-state index contributed by atoms with van der Waals surface area (Å²) in [5.74, 6) is 0.588. The van der Waals surface area contributed by atoms with E-state index in [0.29, 0.717) is 6.54 Å². The normalized spacial score (nSPS) is 16.0. The summed E-state index contributed by atoms with van der Waals surface area (Å²) in [4.78, 5) is 4.43. The topological polar surface area (TPSA) is 60.6 Å². The molecule has 0 spiro atoms. The SMILES string of the molecule is Fc1ccc(-n2cccn2)c(CN[C@H]2CCCc3c2cnn3-c2ccccn2)c1. The number of fused-ring (bicyclic) bond motifs is 1. The third-order valence-electron chi connectivity index (χ3n) is 5.38. The number of hydrogen-bond donors (Lipinski definition) is 1. The Hall–Kier alpha value is -3.32. The Morgan fingerprint density at radius 3 is 2.90 bits per heavy atom. The van der Waals surface area contributed by atoms with Crippen LogP contribution in [0.1, 0.15) is 35.7 Å².